The number of hydrogen-bond acceptors (Lipinski definition) is 2. The van der Waals surface area contributed by atoms with E-state index in [1.807, 2.05) is 6.08 Å². The van der Waals surface area contributed by atoms with Crippen molar-refractivity contribution in [1.82, 2.24) is 0 Å². The summed E-state index contributed by atoms with van der Waals surface area (Å²) in [5.41, 5.74) is 0. The molecule has 1 spiro atoms. The Kier molecular flexibility index (Phi) is 2.70. The van der Waals surface area contributed by atoms with Crippen molar-refractivity contribution >= 4 is 0 Å². The van der Waals surface area contributed by atoms with Crippen LogP contribution < -0.4 is 0 Å². The fourth-order valence-electron chi connectivity index (χ4n) is 2.25. The van der Waals surface area contributed by atoms with E-state index < -0.39 is 0 Å². The zero-order valence-electron chi connectivity index (χ0n) is 8.13. The molecule has 2 aliphatic heterocycles. The molecule has 2 saturated heterocycles. The molecule has 0 unspecified atom stereocenters. The van der Waals surface area contributed by atoms with E-state index in [2.05, 4.69) is 6.58 Å². The van der Waals surface area contributed by atoms with Gasteiger partial charge in [-0.2, -0.15) is 0 Å². The summed E-state index contributed by atoms with van der Waals surface area (Å²) in [5, 5.41) is 0. The highest BCUT2D eigenvalue weighted by Crippen LogP contribution is 2.36. The highest BCUT2D eigenvalue weighted by molar-refractivity contribution is 4.88. The SMILES string of the molecule is C=C[C@@H]1CCC[C@@]2(CCCCO2)O1. The van der Waals surface area contributed by atoms with Gasteiger partial charge in [-0.3, -0.25) is 0 Å². The zero-order chi connectivity index (χ0) is 9.15. The number of ether oxygens (including phenoxy) is 2. The first kappa shape index (κ1) is 9.22. The van der Waals surface area contributed by atoms with Gasteiger partial charge in [0.1, 0.15) is 0 Å². The topological polar surface area (TPSA) is 18.5 Å². The molecule has 0 radical (unpaired) electrons. The third-order valence-electron chi connectivity index (χ3n) is 2.99. The van der Waals surface area contributed by atoms with Gasteiger partial charge in [0.05, 0.1) is 12.7 Å². The first-order valence-corrected chi connectivity index (χ1v) is 5.29. The van der Waals surface area contributed by atoms with Crippen LogP contribution >= 0.6 is 0 Å². The predicted molar refractivity (Wildman–Crippen MR) is 51.5 cm³/mol. The van der Waals surface area contributed by atoms with Crippen molar-refractivity contribution in [3.8, 4) is 0 Å². The van der Waals surface area contributed by atoms with Crippen molar-refractivity contribution in [3.05, 3.63) is 12.7 Å². The minimum atomic E-state index is -0.241. The molecule has 0 aromatic rings. The van der Waals surface area contributed by atoms with Crippen molar-refractivity contribution in [2.45, 2.75) is 50.4 Å². The van der Waals surface area contributed by atoms with Gasteiger partial charge in [-0.15, -0.1) is 6.58 Å². The number of hydrogen-bond donors (Lipinski definition) is 0. The van der Waals surface area contributed by atoms with Crippen molar-refractivity contribution in [2.75, 3.05) is 6.61 Å². The first-order chi connectivity index (χ1) is 6.35. The van der Waals surface area contributed by atoms with Crippen LogP contribution in [0.15, 0.2) is 12.7 Å². The van der Waals surface area contributed by atoms with Gasteiger partial charge in [-0.25, -0.2) is 0 Å². The molecular formula is C11H18O2. The average Bonchev–Trinajstić information content (AvgIpc) is 2.19. The highest BCUT2D eigenvalue weighted by atomic mass is 16.7. The third kappa shape index (κ3) is 1.94. The molecule has 0 saturated carbocycles. The van der Waals surface area contributed by atoms with Crippen molar-refractivity contribution in [1.29, 1.82) is 0 Å². The molecule has 2 aliphatic rings. The van der Waals surface area contributed by atoms with E-state index in [0.717, 1.165) is 25.9 Å². The first-order valence-electron chi connectivity index (χ1n) is 5.29. The molecule has 2 nitrogen and oxygen atoms in total. The van der Waals surface area contributed by atoms with E-state index in [1.54, 1.807) is 0 Å². The smallest absolute Gasteiger partial charge is 0.169 e. The van der Waals surface area contributed by atoms with Gasteiger partial charge >= 0.3 is 0 Å². The van der Waals surface area contributed by atoms with Gasteiger partial charge in [-0.1, -0.05) is 6.08 Å². The maximum Gasteiger partial charge on any atom is 0.169 e. The Morgan fingerprint density at radius 3 is 2.77 bits per heavy atom. The summed E-state index contributed by atoms with van der Waals surface area (Å²) in [6.45, 7) is 4.65. The van der Waals surface area contributed by atoms with Gasteiger partial charge in [0.15, 0.2) is 5.79 Å². The summed E-state index contributed by atoms with van der Waals surface area (Å²) in [6.07, 6.45) is 8.99. The van der Waals surface area contributed by atoms with Crippen molar-refractivity contribution in [2.24, 2.45) is 0 Å². The van der Waals surface area contributed by atoms with E-state index >= 15 is 0 Å². The largest absolute Gasteiger partial charge is 0.350 e. The summed E-state index contributed by atoms with van der Waals surface area (Å²) in [4.78, 5) is 0. The van der Waals surface area contributed by atoms with Crippen LogP contribution in [0.25, 0.3) is 0 Å². The second-order valence-electron chi connectivity index (χ2n) is 4.00. The van der Waals surface area contributed by atoms with E-state index in [0.29, 0.717) is 0 Å². The van der Waals surface area contributed by atoms with Crippen LogP contribution in [0.4, 0.5) is 0 Å². The summed E-state index contributed by atoms with van der Waals surface area (Å²) in [7, 11) is 0. The molecule has 74 valence electrons. The molecule has 0 bridgehead atoms. The Morgan fingerprint density at radius 1 is 1.23 bits per heavy atom. The van der Waals surface area contributed by atoms with Crippen LogP contribution in [0.3, 0.4) is 0 Å². The minimum Gasteiger partial charge on any atom is -0.350 e. The van der Waals surface area contributed by atoms with E-state index in [1.165, 1.54) is 19.3 Å². The Balaban J connectivity index is 1.99. The molecule has 2 rings (SSSR count). The lowest BCUT2D eigenvalue weighted by molar-refractivity contribution is -0.286. The molecular weight excluding hydrogens is 164 g/mol. The summed E-state index contributed by atoms with van der Waals surface area (Å²) in [5.74, 6) is -0.241. The average molecular weight is 182 g/mol. The van der Waals surface area contributed by atoms with Crippen molar-refractivity contribution < 1.29 is 9.47 Å². The van der Waals surface area contributed by atoms with Gasteiger partial charge in [0.2, 0.25) is 0 Å². The van der Waals surface area contributed by atoms with Crippen LogP contribution in [0.1, 0.15) is 38.5 Å². The molecule has 2 fully saturated rings. The minimum absolute atomic E-state index is 0.215. The van der Waals surface area contributed by atoms with Crippen LogP contribution in [-0.2, 0) is 9.47 Å². The van der Waals surface area contributed by atoms with Crippen LogP contribution in [0.2, 0.25) is 0 Å². The lowest BCUT2D eigenvalue weighted by atomic mass is 9.95. The maximum atomic E-state index is 5.92. The van der Waals surface area contributed by atoms with E-state index in [9.17, 15) is 0 Å². The summed E-state index contributed by atoms with van der Waals surface area (Å²) < 4.78 is 11.7. The molecule has 0 aliphatic carbocycles. The lowest BCUT2D eigenvalue weighted by Crippen LogP contribution is -2.44. The third-order valence-corrected chi connectivity index (χ3v) is 2.99. The molecule has 2 heteroatoms. The van der Waals surface area contributed by atoms with Crippen LogP contribution in [-0.4, -0.2) is 18.5 Å². The molecule has 2 heterocycles. The van der Waals surface area contributed by atoms with Gasteiger partial charge in [0.25, 0.3) is 0 Å². The summed E-state index contributed by atoms with van der Waals surface area (Å²) in [6, 6.07) is 0. The van der Waals surface area contributed by atoms with Crippen LogP contribution in [0, 0.1) is 0 Å². The van der Waals surface area contributed by atoms with E-state index in [4.69, 9.17) is 9.47 Å². The maximum absolute atomic E-state index is 5.92. The van der Waals surface area contributed by atoms with Gasteiger partial charge in [0, 0.05) is 12.8 Å². The summed E-state index contributed by atoms with van der Waals surface area (Å²) >= 11 is 0. The highest BCUT2D eigenvalue weighted by Gasteiger charge is 2.38. The normalized spacial score (nSPS) is 40.5. The molecule has 0 N–H and O–H groups in total. The Labute approximate surface area is 79.9 Å². The second-order valence-corrected chi connectivity index (χ2v) is 4.00. The fraction of sp³-hybridized carbons (Fsp3) is 0.818. The van der Waals surface area contributed by atoms with Gasteiger partial charge in [-0.05, 0) is 25.7 Å². The van der Waals surface area contributed by atoms with Crippen molar-refractivity contribution in [3.63, 3.8) is 0 Å². The zero-order valence-corrected chi connectivity index (χ0v) is 8.13. The van der Waals surface area contributed by atoms with Gasteiger partial charge < -0.3 is 9.47 Å². The quantitative estimate of drug-likeness (QED) is 0.580. The Hall–Kier alpha value is -0.340. The standard InChI is InChI=1S/C11H18O2/c1-2-10-6-5-8-11(13-10)7-3-4-9-12-11/h2,10H,1,3-9H2/t10-,11-/m1/s1. The Bertz CT molecular complexity index is 177. The monoisotopic (exact) mass is 182 g/mol. The Morgan fingerprint density at radius 2 is 2.08 bits per heavy atom. The van der Waals surface area contributed by atoms with Crippen LogP contribution in [0.5, 0.6) is 0 Å². The lowest BCUT2D eigenvalue weighted by Gasteiger charge is -2.42. The predicted octanol–water partition coefficient (Wildman–Crippen LogP) is 2.64. The second kappa shape index (κ2) is 3.81. The molecule has 0 aromatic heterocycles. The molecule has 2 atom stereocenters. The molecule has 0 aromatic carbocycles. The van der Waals surface area contributed by atoms with E-state index in [-0.39, 0.29) is 11.9 Å². The fourth-order valence-corrected chi connectivity index (χ4v) is 2.25. The molecule has 0 amide bonds. The molecule has 13 heavy (non-hydrogen) atoms. The number of rotatable bonds is 1.